The van der Waals surface area contributed by atoms with Gasteiger partial charge in [-0.25, -0.2) is 0 Å². The van der Waals surface area contributed by atoms with Crippen molar-refractivity contribution in [1.29, 1.82) is 0 Å². The standard InChI is InChI=1S/C33H35N3O/c1-35(2)32(26-13-7-4-8-14-26)20-22-33(23-21-32)31-28(27-15-9-10-16-29(27)34-31)19-24-36(33)30(37)18-17-25-11-5-3-6-12-25/h3-18,34H,19-24H2,1-2H3/b18-17+. The van der Waals surface area contributed by atoms with Gasteiger partial charge in [-0.1, -0.05) is 78.9 Å². The smallest absolute Gasteiger partial charge is 0.247 e. The van der Waals surface area contributed by atoms with Crippen LogP contribution in [0.1, 0.15) is 48.1 Å². The first-order valence-corrected chi connectivity index (χ1v) is 13.4. The Morgan fingerprint density at radius 2 is 1.51 bits per heavy atom. The molecule has 2 aliphatic rings. The molecule has 0 bridgehead atoms. The van der Waals surface area contributed by atoms with E-state index < -0.39 is 0 Å². The maximum atomic E-state index is 13.8. The zero-order chi connectivity index (χ0) is 25.5. The highest BCUT2D eigenvalue weighted by Gasteiger charge is 2.52. The van der Waals surface area contributed by atoms with Crippen molar-refractivity contribution >= 4 is 22.9 Å². The number of hydrogen-bond donors (Lipinski definition) is 1. The first-order valence-electron chi connectivity index (χ1n) is 13.4. The number of nitrogens with zero attached hydrogens (tertiary/aromatic N) is 2. The number of amides is 1. The van der Waals surface area contributed by atoms with Gasteiger partial charge in [0.1, 0.15) is 0 Å². The fourth-order valence-corrected chi connectivity index (χ4v) is 6.91. The molecular weight excluding hydrogens is 454 g/mol. The van der Waals surface area contributed by atoms with E-state index in [4.69, 9.17) is 0 Å². The number of rotatable bonds is 4. The summed E-state index contributed by atoms with van der Waals surface area (Å²) >= 11 is 0. The molecule has 1 aliphatic carbocycles. The highest BCUT2D eigenvalue weighted by Crippen LogP contribution is 2.53. The second-order valence-electron chi connectivity index (χ2n) is 10.8. The SMILES string of the molecule is CN(C)C1(c2ccccc2)CCC2(CC1)c1[nH]c3ccccc3c1CCN2C(=O)/C=C/c1ccccc1. The van der Waals surface area contributed by atoms with Crippen molar-refractivity contribution in [3.8, 4) is 0 Å². The summed E-state index contributed by atoms with van der Waals surface area (Å²) in [6.07, 6.45) is 8.43. The summed E-state index contributed by atoms with van der Waals surface area (Å²) in [6.45, 7) is 0.743. The van der Waals surface area contributed by atoms with Crippen molar-refractivity contribution in [3.05, 3.63) is 113 Å². The Kier molecular flexibility index (Phi) is 6.00. The molecular formula is C33H35N3O. The van der Waals surface area contributed by atoms with Gasteiger partial charge in [-0.05, 0) is 75.0 Å². The third kappa shape index (κ3) is 3.91. The number of benzene rings is 3. The van der Waals surface area contributed by atoms with Gasteiger partial charge >= 0.3 is 0 Å². The number of nitrogens with one attached hydrogen (secondary N) is 1. The van der Waals surface area contributed by atoms with E-state index in [1.165, 1.54) is 27.7 Å². The zero-order valence-electron chi connectivity index (χ0n) is 21.8. The summed E-state index contributed by atoms with van der Waals surface area (Å²) in [7, 11) is 4.40. The van der Waals surface area contributed by atoms with Crippen molar-refractivity contribution in [1.82, 2.24) is 14.8 Å². The highest BCUT2D eigenvalue weighted by atomic mass is 16.2. The van der Waals surface area contributed by atoms with Crippen LogP contribution in [0.15, 0.2) is 91.0 Å². The minimum Gasteiger partial charge on any atom is -0.356 e. The number of carbonyl (C=O) groups is 1. The highest BCUT2D eigenvalue weighted by molar-refractivity contribution is 5.93. The Morgan fingerprint density at radius 3 is 2.22 bits per heavy atom. The molecule has 3 aromatic carbocycles. The molecule has 1 spiro atoms. The minimum absolute atomic E-state index is 0.0370. The number of para-hydroxylation sites is 1. The van der Waals surface area contributed by atoms with Crippen LogP contribution in [-0.2, 0) is 22.3 Å². The molecule has 1 fully saturated rings. The normalized spacial score (nSPS) is 23.7. The lowest BCUT2D eigenvalue weighted by atomic mass is 9.65. The van der Waals surface area contributed by atoms with E-state index in [9.17, 15) is 4.79 Å². The van der Waals surface area contributed by atoms with Crippen LogP contribution >= 0.6 is 0 Å². The van der Waals surface area contributed by atoms with Gasteiger partial charge in [0.25, 0.3) is 0 Å². The van der Waals surface area contributed by atoms with Gasteiger partial charge in [0.05, 0.1) is 5.54 Å². The van der Waals surface area contributed by atoms with Crippen LogP contribution in [0.3, 0.4) is 0 Å². The molecule has 6 rings (SSSR count). The number of aromatic nitrogens is 1. The molecule has 0 saturated heterocycles. The predicted octanol–water partition coefficient (Wildman–Crippen LogP) is 6.49. The third-order valence-corrected chi connectivity index (χ3v) is 8.94. The van der Waals surface area contributed by atoms with Crippen LogP contribution < -0.4 is 0 Å². The van der Waals surface area contributed by atoms with Crippen molar-refractivity contribution in [2.75, 3.05) is 20.6 Å². The molecule has 2 heterocycles. The summed E-state index contributed by atoms with van der Waals surface area (Å²) < 4.78 is 0. The average Bonchev–Trinajstić information content (AvgIpc) is 3.33. The van der Waals surface area contributed by atoms with Gasteiger partial charge < -0.3 is 9.88 Å². The predicted molar refractivity (Wildman–Crippen MR) is 151 cm³/mol. The third-order valence-electron chi connectivity index (χ3n) is 8.94. The lowest BCUT2D eigenvalue weighted by molar-refractivity contribution is -0.137. The lowest BCUT2D eigenvalue weighted by Gasteiger charge is -2.55. The van der Waals surface area contributed by atoms with Crippen molar-refractivity contribution in [3.63, 3.8) is 0 Å². The van der Waals surface area contributed by atoms with Gasteiger partial charge in [-0.3, -0.25) is 9.69 Å². The van der Waals surface area contributed by atoms with Gasteiger partial charge in [0.2, 0.25) is 5.91 Å². The van der Waals surface area contributed by atoms with Crippen LogP contribution in [0.25, 0.3) is 17.0 Å². The van der Waals surface area contributed by atoms with E-state index in [2.05, 4.69) is 83.5 Å². The Bertz CT molecular complexity index is 1430. The van der Waals surface area contributed by atoms with E-state index in [0.717, 1.165) is 44.2 Å². The average molecular weight is 490 g/mol. The maximum absolute atomic E-state index is 13.8. The molecule has 1 N–H and O–H groups in total. The molecule has 4 nitrogen and oxygen atoms in total. The molecule has 1 aromatic heterocycles. The lowest BCUT2D eigenvalue weighted by Crippen LogP contribution is -2.58. The van der Waals surface area contributed by atoms with Crippen LogP contribution in [0, 0.1) is 0 Å². The van der Waals surface area contributed by atoms with Crippen LogP contribution in [-0.4, -0.2) is 41.3 Å². The Morgan fingerprint density at radius 1 is 0.865 bits per heavy atom. The summed E-state index contributed by atoms with van der Waals surface area (Å²) in [5.41, 5.74) is 5.86. The van der Waals surface area contributed by atoms with Gasteiger partial charge in [0.15, 0.2) is 0 Å². The van der Waals surface area contributed by atoms with Crippen LogP contribution in [0.2, 0.25) is 0 Å². The number of fused-ring (bicyclic) bond motifs is 4. The zero-order valence-corrected chi connectivity index (χ0v) is 21.8. The quantitative estimate of drug-likeness (QED) is 0.333. The number of H-pyrrole nitrogens is 1. The second kappa shape index (κ2) is 9.35. The maximum Gasteiger partial charge on any atom is 0.247 e. The minimum atomic E-state index is -0.334. The van der Waals surface area contributed by atoms with Gasteiger partial charge in [0, 0.05) is 34.8 Å². The molecule has 1 saturated carbocycles. The molecule has 1 amide bonds. The summed E-state index contributed by atoms with van der Waals surface area (Å²) in [5, 5.41) is 1.30. The van der Waals surface area contributed by atoms with E-state index in [-0.39, 0.29) is 17.0 Å². The molecule has 1 aliphatic heterocycles. The molecule has 0 unspecified atom stereocenters. The monoisotopic (exact) mass is 489 g/mol. The molecule has 0 atom stereocenters. The molecule has 4 aromatic rings. The van der Waals surface area contributed by atoms with Gasteiger partial charge in [-0.2, -0.15) is 0 Å². The molecule has 0 radical (unpaired) electrons. The van der Waals surface area contributed by atoms with Crippen molar-refractivity contribution in [2.45, 2.75) is 43.2 Å². The van der Waals surface area contributed by atoms with E-state index in [1.54, 1.807) is 6.08 Å². The topological polar surface area (TPSA) is 39.3 Å². The second-order valence-corrected chi connectivity index (χ2v) is 10.8. The van der Waals surface area contributed by atoms with Crippen LogP contribution in [0.4, 0.5) is 0 Å². The summed E-state index contributed by atoms with van der Waals surface area (Å²) in [6, 6.07) is 29.6. The number of carbonyl (C=O) groups excluding carboxylic acids is 1. The summed E-state index contributed by atoms with van der Waals surface area (Å²) in [5.74, 6) is 0.102. The Balaban J connectivity index is 1.41. The fraction of sp³-hybridized carbons (Fsp3) is 0.303. The Labute approximate surface area is 219 Å². The first kappa shape index (κ1) is 23.7. The van der Waals surface area contributed by atoms with E-state index >= 15 is 0 Å². The van der Waals surface area contributed by atoms with Gasteiger partial charge in [-0.15, -0.1) is 0 Å². The largest absolute Gasteiger partial charge is 0.356 e. The first-order chi connectivity index (χ1) is 18.0. The Hall–Kier alpha value is -3.63. The molecule has 4 heteroatoms. The van der Waals surface area contributed by atoms with Crippen molar-refractivity contribution < 1.29 is 4.79 Å². The number of hydrogen-bond acceptors (Lipinski definition) is 2. The van der Waals surface area contributed by atoms with E-state index in [1.807, 2.05) is 36.4 Å². The molecule has 188 valence electrons. The van der Waals surface area contributed by atoms with Crippen LogP contribution in [0.5, 0.6) is 0 Å². The van der Waals surface area contributed by atoms with E-state index in [0.29, 0.717) is 0 Å². The summed E-state index contributed by atoms with van der Waals surface area (Å²) in [4.78, 5) is 22.2. The fourth-order valence-electron chi connectivity index (χ4n) is 6.91. The molecule has 37 heavy (non-hydrogen) atoms. The van der Waals surface area contributed by atoms with Crippen molar-refractivity contribution in [2.24, 2.45) is 0 Å². The number of aromatic amines is 1.